The van der Waals surface area contributed by atoms with Crippen LogP contribution in [0.3, 0.4) is 0 Å². The molecule has 8 saturated carbocycles. The molecular formula is C43H54Cl2N2O. The highest BCUT2D eigenvalue weighted by Gasteiger charge is 2.59. The van der Waals surface area contributed by atoms with Crippen molar-refractivity contribution in [2.75, 3.05) is 18.4 Å². The monoisotopic (exact) mass is 684 g/mol. The van der Waals surface area contributed by atoms with Crippen molar-refractivity contribution in [2.45, 2.75) is 108 Å². The second-order valence-electron chi connectivity index (χ2n) is 17.9. The first-order valence-corrected chi connectivity index (χ1v) is 19.6. The van der Waals surface area contributed by atoms with Crippen molar-refractivity contribution < 1.29 is 5.11 Å². The number of hydrogen-bond acceptors (Lipinski definition) is 3. The van der Waals surface area contributed by atoms with E-state index >= 15 is 0 Å². The van der Waals surface area contributed by atoms with Gasteiger partial charge in [-0.3, -0.25) is 0 Å². The molecule has 0 amide bonds. The maximum absolute atomic E-state index is 9.50. The number of anilines is 1. The zero-order valence-corrected chi connectivity index (χ0v) is 30.4. The summed E-state index contributed by atoms with van der Waals surface area (Å²) in [5.74, 6) is 3.96. The predicted octanol–water partition coefficient (Wildman–Crippen LogP) is 11.2. The van der Waals surface area contributed by atoms with Crippen molar-refractivity contribution >= 4 is 28.9 Å². The van der Waals surface area contributed by atoms with E-state index in [0.717, 1.165) is 45.9 Å². The van der Waals surface area contributed by atoms with Crippen LogP contribution in [0.1, 0.15) is 102 Å². The van der Waals surface area contributed by atoms with Crippen LogP contribution in [-0.2, 0) is 10.8 Å². The second-order valence-corrected chi connectivity index (χ2v) is 18.8. The van der Waals surface area contributed by atoms with Gasteiger partial charge in [0.15, 0.2) is 0 Å². The van der Waals surface area contributed by atoms with Gasteiger partial charge in [0.05, 0.1) is 0 Å². The Balaban J connectivity index is 0.000000142. The van der Waals surface area contributed by atoms with Gasteiger partial charge in [-0.15, -0.1) is 0 Å². The lowest BCUT2D eigenvalue weighted by Gasteiger charge is -2.62. The average Bonchev–Trinajstić information content (AvgIpc) is 3.03. The van der Waals surface area contributed by atoms with Gasteiger partial charge < -0.3 is 15.7 Å². The summed E-state index contributed by atoms with van der Waals surface area (Å²) in [6, 6.07) is 25.5. The van der Waals surface area contributed by atoms with Crippen molar-refractivity contribution in [2.24, 2.45) is 34.5 Å². The van der Waals surface area contributed by atoms with Crippen LogP contribution < -0.4 is 10.6 Å². The molecule has 48 heavy (non-hydrogen) atoms. The quantitative estimate of drug-likeness (QED) is 0.207. The highest BCUT2D eigenvalue weighted by molar-refractivity contribution is 6.30. The molecule has 3 aromatic carbocycles. The number of rotatable bonds is 8. The van der Waals surface area contributed by atoms with E-state index in [2.05, 4.69) is 73.0 Å². The first-order valence-electron chi connectivity index (χ1n) is 18.8. The lowest BCUT2D eigenvalue weighted by molar-refractivity contribution is -0.0713. The Bertz CT molecular complexity index is 1550. The summed E-state index contributed by atoms with van der Waals surface area (Å²) < 4.78 is 0. The molecule has 8 aliphatic rings. The van der Waals surface area contributed by atoms with E-state index in [1.165, 1.54) is 89.2 Å². The third-order valence-electron chi connectivity index (χ3n) is 13.7. The third kappa shape index (κ3) is 6.42. The van der Waals surface area contributed by atoms with Crippen LogP contribution in [0.25, 0.3) is 0 Å². The van der Waals surface area contributed by atoms with E-state index in [0.29, 0.717) is 33.5 Å². The number of phenolic OH excluding ortho intramolecular Hbond substituents is 1. The molecule has 3 aromatic rings. The van der Waals surface area contributed by atoms with Gasteiger partial charge in [-0.1, -0.05) is 61.3 Å². The molecule has 0 saturated heterocycles. The normalized spacial score (nSPS) is 37.0. The minimum Gasteiger partial charge on any atom is -0.508 e. The SMILES string of the molecule is CC(C)NCC12CC3CC(C1)CC(c1ccc(Cl)cc1)(C3)C2.Oc1ccc(NCC23CC4CC(C2)CC(c2ccc(Cl)cc2)(C4)C3)cc1. The molecule has 0 aromatic heterocycles. The lowest BCUT2D eigenvalue weighted by Crippen LogP contribution is -2.57. The summed E-state index contributed by atoms with van der Waals surface area (Å²) >= 11 is 12.3. The van der Waals surface area contributed by atoms with Crippen LogP contribution in [0.4, 0.5) is 5.69 Å². The smallest absolute Gasteiger partial charge is 0.115 e. The molecule has 3 N–H and O–H groups in total. The molecule has 8 aliphatic carbocycles. The highest BCUT2D eigenvalue weighted by Crippen LogP contribution is 2.67. The van der Waals surface area contributed by atoms with Crippen LogP contribution in [0.2, 0.25) is 10.0 Å². The maximum Gasteiger partial charge on any atom is 0.115 e. The molecule has 8 fully saturated rings. The molecule has 11 rings (SSSR count). The van der Waals surface area contributed by atoms with Crippen LogP contribution in [0, 0.1) is 34.5 Å². The molecule has 4 unspecified atom stereocenters. The van der Waals surface area contributed by atoms with Crippen LogP contribution in [0.5, 0.6) is 5.75 Å². The zero-order chi connectivity index (χ0) is 33.1. The summed E-state index contributed by atoms with van der Waals surface area (Å²) in [4.78, 5) is 0. The first-order chi connectivity index (χ1) is 23.0. The Morgan fingerprint density at radius 3 is 1.44 bits per heavy atom. The number of nitrogens with one attached hydrogen (secondary N) is 2. The van der Waals surface area contributed by atoms with Crippen molar-refractivity contribution in [3.63, 3.8) is 0 Å². The van der Waals surface area contributed by atoms with Gasteiger partial charge in [-0.25, -0.2) is 0 Å². The molecule has 4 atom stereocenters. The fourth-order valence-electron chi connectivity index (χ4n) is 12.9. The van der Waals surface area contributed by atoms with Gasteiger partial charge in [-0.2, -0.15) is 0 Å². The third-order valence-corrected chi connectivity index (χ3v) is 14.2. The van der Waals surface area contributed by atoms with Crippen molar-refractivity contribution in [1.82, 2.24) is 5.32 Å². The Kier molecular flexibility index (Phi) is 8.61. The molecule has 3 nitrogen and oxygen atoms in total. The minimum absolute atomic E-state index is 0.326. The Hall–Kier alpha value is -2.20. The number of aromatic hydroxyl groups is 1. The van der Waals surface area contributed by atoms with E-state index in [1.807, 2.05) is 12.1 Å². The topological polar surface area (TPSA) is 44.3 Å². The van der Waals surface area contributed by atoms with Gasteiger partial charge in [0.2, 0.25) is 0 Å². The van der Waals surface area contributed by atoms with Gasteiger partial charge in [0, 0.05) is 34.9 Å². The van der Waals surface area contributed by atoms with E-state index in [1.54, 1.807) is 17.7 Å². The van der Waals surface area contributed by atoms with Crippen molar-refractivity contribution in [3.05, 3.63) is 94.0 Å². The predicted molar refractivity (Wildman–Crippen MR) is 200 cm³/mol. The molecule has 0 heterocycles. The number of hydrogen-bond donors (Lipinski definition) is 3. The van der Waals surface area contributed by atoms with Crippen LogP contribution in [0.15, 0.2) is 72.8 Å². The number of phenols is 1. The van der Waals surface area contributed by atoms with E-state index in [9.17, 15) is 5.11 Å². The fraction of sp³-hybridized carbons (Fsp3) is 0.581. The average molecular weight is 686 g/mol. The molecule has 0 aliphatic heterocycles. The van der Waals surface area contributed by atoms with E-state index in [4.69, 9.17) is 23.2 Å². The summed E-state index contributed by atoms with van der Waals surface area (Å²) in [6.07, 6.45) is 16.8. The zero-order valence-electron chi connectivity index (χ0n) is 28.9. The standard InChI is InChI=1S/C23H26ClNO.C20H28ClN/c24-19-3-1-18(2-4-19)23-12-16-9-17(13-23)11-22(10-16,14-23)15-25-20-5-7-21(26)8-6-20;1-14(2)22-13-19-8-15-7-16(9-19)11-20(10-15,12-19)17-3-5-18(21)6-4-17/h1-8,16-17,25-26H,9-15H2;3-6,14-16,22H,7-13H2,1-2H3. The minimum atomic E-state index is 0.326. The summed E-state index contributed by atoms with van der Waals surface area (Å²) in [6.45, 7) is 6.80. The summed E-state index contributed by atoms with van der Waals surface area (Å²) in [5, 5.41) is 18.6. The molecular weight excluding hydrogens is 631 g/mol. The second kappa shape index (κ2) is 12.5. The largest absolute Gasteiger partial charge is 0.508 e. The molecule has 8 bridgehead atoms. The van der Waals surface area contributed by atoms with Crippen molar-refractivity contribution in [1.29, 1.82) is 0 Å². The van der Waals surface area contributed by atoms with Gasteiger partial charge >= 0.3 is 0 Å². The van der Waals surface area contributed by atoms with E-state index < -0.39 is 0 Å². The summed E-state index contributed by atoms with van der Waals surface area (Å²) in [7, 11) is 0. The molecule has 0 radical (unpaired) electrons. The Morgan fingerprint density at radius 2 is 1.02 bits per heavy atom. The Morgan fingerprint density at radius 1 is 0.604 bits per heavy atom. The van der Waals surface area contributed by atoms with Crippen LogP contribution >= 0.6 is 23.2 Å². The van der Waals surface area contributed by atoms with Gasteiger partial charge in [-0.05, 0) is 182 Å². The van der Waals surface area contributed by atoms with Crippen LogP contribution in [-0.4, -0.2) is 24.2 Å². The van der Waals surface area contributed by atoms with Gasteiger partial charge in [0.25, 0.3) is 0 Å². The summed E-state index contributed by atoms with van der Waals surface area (Å²) in [5.41, 5.74) is 5.91. The fourth-order valence-corrected chi connectivity index (χ4v) is 13.1. The Labute approximate surface area is 298 Å². The van der Waals surface area contributed by atoms with Gasteiger partial charge in [0.1, 0.15) is 5.75 Å². The van der Waals surface area contributed by atoms with Crippen molar-refractivity contribution in [3.8, 4) is 5.75 Å². The molecule has 5 heteroatoms. The maximum atomic E-state index is 9.50. The molecule has 256 valence electrons. The number of benzene rings is 3. The highest BCUT2D eigenvalue weighted by atomic mass is 35.5. The molecule has 0 spiro atoms. The first kappa shape index (κ1) is 33.0. The number of halogens is 2. The van der Waals surface area contributed by atoms with E-state index in [-0.39, 0.29) is 0 Å². The lowest BCUT2D eigenvalue weighted by atomic mass is 9.43.